The van der Waals surface area contributed by atoms with Gasteiger partial charge in [-0.1, -0.05) is 40.7 Å². The van der Waals surface area contributed by atoms with E-state index in [1.165, 1.54) is 38.6 Å². The second-order valence-electron chi connectivity index (χ2n) is 5.28. The van der Waals surface area contributed by atoms with Gasteiger partial charge in [-0.15, -0.1) is 29.7 Å². The third-order valence-corrected chi connectivity index (χ3v) is 4.36. The molecule has 0 aliphatic carbocycles. The van der Waals surface area contributed by atoms with Crippen molar-refractivity contribution < 1.29 is 21.7 Å². The summed E-state index contributed by atoms with van der Waals surface area (Å²) in [4.78, 5) is 0. The molecule has 0 fully saturated rings. The van der Waals surface area contributed by atoms with Crippen LogP contribution in [0.3, 0.4) is 0 Å². The molecule has 0 aromatic heterocycles. The fourth-order valence-electron chi connectivity index (χ4n) is 2.48. The van der Waals surface area contributed by atoms with Gasteiger partial charge in [0, 0.05) is 0 Å². The van der Waals surface area contributed by atoms with E-state index in [9.17, 15) is 0 Å². The molecule has 3 rings (SSSR count). The van der Waals surface area contributed by atoms with Gasteiger partial charge >= 0.3 is 21.7 Å². The monoisotopic (exact) mass is 298 g/mol. The molecule has 3 aromatic rings. The molecule has 0 spiro atoms. The summed E-state index contributed by atoms with van der Waals surface area (Å²) in [6, 6.07) is 14.7. The Morgan fingerprint density at radius 3 is 1.85 bits per heavy atom. The summed E-state index contributed by atoms with van der Waals surface area (Å²) in [5, 5.41) is 2.66. The predicted octanol–water partition coefficient (Wildman–Crippen LogP) is 5.50. The number of fused-ring (bicyclic) bond motifs is 1. The van der Waals surface area contributed by atoms with Gasteiger partial charge in [-0.05, 0) is 0 Å². The van der Waals surface area contributed by atoms with E-state index in [2.05, 4.69) is 77.1 Å². The summed E-state index contributed by atoms with van der Waals surface area (Å²) in [6.07, 6.45) is 0. The van der Waals surface area contributed by atoms with E-state index >= 15 is 0 Å². The maximum absolute atomic E-state index is 2.20. The van der Waals surface area contributed by atoms with Crippen LogP contribution in [0.5, 0.6) is 0 Å². The number of rotatable bonds is 0. The fraction of sp³-hybridized carbons (Fsp3) is 0.263. The van der Waals surface area contributed by atoms with Crippen LogP contribution in [0, 0.1) is 34.6 Å². The second kappa shape index (κ2) is 7.06. The normalized spacial score (nSPS) is 9.85. The standard InChI is InChI=1S/C10H15.C9H7.Ti/c1-6-7(2)9(4)10(5)8(6)3;1-2-5-9-7-3-6-8(9)4-1;/h1-5H3;1-7H;/q2*-1;+2. The predicted molar refractivity (Wildman–Crippen MR) is 85.3 cm³/mol. The van der Waals surface area contributed by atoms with Gasteiger partial charge in [0.05, 0.1) is 0 Å². The average Bonchev–Trinajstić information content (AvgIpc) is 2.97. The molecule has 0 heterocycles. The van der Waals surface area contributed by atoms with Gasteiger partial charge in [-0.2, -0.15) is 45.3 Å². The molecule has 0 saturated carbocycles. The Kier molecular flexibility index (Phi) is 5.98. The molecule has 0 bridgehead atoms. The van der Waals surface area contributed by atoms with Crippen molar-refractivity contribution in [1.29, 1.82) is 0 Å². The molecule has 0 aliphatic rings. The smallest absolute Gasteiger partial charge is 0.196 e. The molecule has 0 unspecified atom stereocenters. The summed E-state index contributed by atoms with van der Waals surface area (Å²) >= 11 is 0. The molecule has 0 aliphatic heterocycles. The number of benzene rings is 1. The van der Waals surface area contributed by atoms with Crippen LogP contribution in [-0.2, 0) is 21.7 Å². The molecule has 0 atom stereocenters. The van der Waals surface area contributed by atoms with Crippen molar-refractivity contribution in [2.45, 2.75) is 34.6 Å². The van der Waals surface area contributed by atoms with Crippen molar-refractivity contribution in [1.82, 2.24) is 0 Å². The van der Waals surface area contributed by atoms with Crippen LogP contribution in [0.25, 0.3) is 10.8 Å². The summed E-state index contributed by atoms with van der Waals surface area (Å²) in [5.74, 6) is 0. The van der Waals surface area contributed by atoms with E-state index in [0.717, 1.165) is 0 Å². The van der Waals surface area contributed by atoms with Gasteiger partial charge in [0.15, 0.2) is 0 Å². The summed E-state index contributed by atoms with van der Waals surface area (Å²) in [5.41, 5.74) is 7.34. The molecular weight excluding hydrogens is 276 g/mol. The Bertz CT molecular complexity index is 573. The molecule has 3 aromatic carbocycles. The van der Waals surface area contributed by atoms with Gasteiger partial charge in [0.25, 0.3) is 0 Å². The van der Waals surface area contributed by atoms with Crippen LogP contribution in [0.2, 0.25) is 0 Å². The van der Waals surface area contributed by atoms with Gasteiger partial charge in [0.1, 0.15) is 0 Å². The zero-order valence-electron chi connectivity index (χ0n) is 13.0. The molecule has 0 saturated heterocycles. The zero-order chi connectivity index (χ0) is 14.0. The van der Waals surface area contributed by atoms with Crippen LogP contribution >= 0.6 is 0 Å². The molecule has 0 radical (unpaired) electrons. The topological polar surface area (TPSA) is 0 Å². The Morgan fingerprint density at radius 1 is 0.850 bits per heavy atom. The average molecular weight is 298 g/mol. The van der Waals surface area contributed by atoms with E-state index in [1.807, 2.05) is 0 Å². The van der Waals surface area contributed by atoms with E-state index in [1.54, 1.807) is 0 Å². The van der Waals surface area contributed by atoms with Crippen LogP contribution in [0.4, 0.5) is 0 Å². The Balaban J connectivity index is 0.000000191. The molecule has 102 valence electrons. The van der Waals surface area contributed by atoms with Crippen molar-refractivity contribution in [3.05, 3.63) is 70.3 Å². The quantitative estimate of drug-likeness (QED) is 0.379. The Morgan fingerprint density at radius 2 is 1.40 bits per heavy atom. The fourth-order valence-corrected chi connectivity index (χ4v) is 2.48. The van der Waals surface area contributed by atoms with Gasteiger partial charge in [-0.3, -0.25) is 0 Å². The van der Waals surface area contributed by atoms with Gasteiger partial charge < -0.3 is 0 Å². The SMILES string of the molecule is Cc1c(C)c(C)[c-](C)c1C.[Ti+2].c1ccc2[cH-]ccc2c1. The first kappa shape index (κ1) is 16.9. The van der Waals surface area contributed by atoms with E-state index in [4.69, 9.17) is 0 Å². The molecule has 0 amide bonds. The third kappa shape index (κ3) is 3.31. The van der Waals surface area contributed by atoms with Crippen molar-refractivity contribution in [3.63, 3.8) is 0 Å². The molecule has 20 heavy (non-hydrogen) atoms. The summed E-state index contributed by atoms with van der Waals surface area (Å²) in [6.45, 7) is 11.0. The minimum atomic E-state index is 0. The largest absolute Gasteiger partial charge is 2.00 e. The van der Waals surface area contributed by atoms with E-state index in [0.29, 0.717) is 0 Å². The van der Waals surface area contributed by atoms with Crippen molar-refractivity contribution in [2.24, 2.45) is 0 Å². The van der Waals surface area contributed by atoms with Crippen LogP contribution in [-0.4, -0.2) is 0 Å². The summed E-state index contributed by atoms with van der Waals surface area (Å²) < 4.78 is 0. The van der Waals surface area contributed by atoms with Crippen LogP contribution in [0.1, 0.15) is 27.8 Å². The number of hydrogen-bond acceptors (Lipinski definition) is 0. The molecule has 0 N–H and O–H groups in total. The molecule has 0 nitrogen and oxygen atoms in total. The summed E-state index contributed by atoms with van der Waals surface area (Å²) in [7, 11) is 0. The van der Waals surface area contributed by atoms with Crippen molar-refractivity contribution in [2.75, 3.05) is 0 Å². The first-order valence-corrected chi connectivity index (χ1v) is 6.82. The number of hydrogen-bond donors (Lipinski definition) is 0. The minimum absolute atomic E-state index is 0. The Hall–Kier alpha value is -1.11. The van der Waals surface area contributed by atoms with Crippen molar-refractivity contribution >= 4 is 10.8 Å². The maximum Gasteiger partial charge on any atom is 2.00 e. The maximum atomic E-state index is 2.20. The van der Waals surface area contributed by atoms with Crippen LogP contribution < -0.4 is 0 Å². The minimum Gasteiger partial charge on any atom is -0.196 e. The van der Waals surface area contributed by atoms with Crippen LogP contribution in [0.15, 0.2) is 42.5 Å². The Labute approximate surface area is 137 Å². The zero-order valence-corrected chi connectivity index (χ0v) is 14.6. The second-order valence-corrected chi connectivity index (χ2v) is 5.28. The first-order chi connectivity index (χ1) is 9.02. The first-order valence-electron chi connectivity index (χ1n) is 6.82. The van der Waals surface area contributed by atoms with Crippen molar-refractivity contribution in [3.8, 4) is 0 Å². The van der Waals surface area contributed by atoms with E-state index in [-0.39, 0.29) is 21.7 Å². The van der Waals surface area contributed by atoms with Gasteiger partial charge in [0.2, 0.25) is 0 Å². The van der Waals surface area contributed by atoms with Gasteiger partial charge in [-0.25, -0.2) is 0 Å². The van der Waals surface area contributed by atoms with E-state index < -0.39 is 0 Å². The molecule has 1 heteroatoms. The third-order valence-electron chi connectivity index (χ3n) is 4.36. The molecular formula is C19H22Ti.